The molecular weight excluding hydrogens is 456 g/mol. The molecule has 5 nitrogen and oxygen atoms in total. The van der Waals surface area contributed by atoms with Gasteiger partial charge in [-0.1, -0.05) is 17.7 Å². The second-order valence-corrected chi connectivity index (χ2v) is 7.97. The number of halogens is 3. The molecule has 1 heterocycles. The Morgan fingerprint density at radius 3 is 2.53 bits per heavy atom. The van der Waals surface area contributed by atoms with Crippen molar-refractivity contribution in [2.24, 2.45) is 0 Å². The zero-order valence-electron chi connectivity index (χ0n) is 16.9. The van der Waals surface area contributed by atoms with Gasteiger partial charge in [0.25, 0.3) is 5.91 Å². The number of rotatable bonds is 3. The van der Waals surface area contributed by atoms with Crippen LogP contribution >= 0.6 is 23.8 Å². The summed E-state index contributed by atoms with van der Waals surface area (Å²) in [4.78, 5) is 16.7. The van der Waals surface area contributed by atoms with Crippen LogP contribution in [0.3, 0.4) is 0 Å². The van der Waals surface area contributed by atoms with E-state index in [0.717, 1.165) is 23.3 Å². The summed E-state index contributed by atoms with van der Waals surface area (Å²) in [7, 11) is 0. The van der Waals surface area contributed by atoms with Crippen molar-refractivity contribution in [1.29, 1.82) is 0 Å². The number of amides is 1. The van der Waals surface area contributed by atoms with Gasteiger partial charge in [-0.15, -0.1) is 0 Å². The summed E-state index contributed by atoms with van der Waals surface area (Å²) < 4.78 is 32.6. The fraction of sp³-hybridized carbons (Fsp3) is 0.0870. The Kier molecular flexibility index (Phi) is 5.90. The molecule has 0 radical (unpaired) electrons. The Morgan fingerprint density at radius 2 is 1.78 bits per heavy atom. The molecule has 32 heavy (non-hydrogen) atoms. The summed E-state index contributed by atoms with van der Waals surface area (Å²) in [6, 6.07) is 12.1. The van der Waals surface area contributed by atoms with Crippen LogP contribution in [0.1, 0.15) is 21.5 Å². The van der Waals surface area contributed by atoms with Gasteiger partial charge in [-0.3, -0.25) is 10.1 Å². The molecule has 0 saturated carbocycles. The van der Waals surface area contributed by atoms with Crippen LogP contribution in [-0.2, 0) is 0 Å². The maximum Gasteiger partial charge on any atom is 0.257 e. The van der Waals surface area contributed by atoms with Gasteiger partial charge in [0, 0.05) is 11.3 Å². The first-order chi connectivity index (χ1) is 15.2. The molecule has 3 aromatic carbocycles. The number of aromatic nitrogens is 1. The molecule has 9 heteroatoms. The Labute approximate surface area is 192 Å². The number of nitrogens with zero attached hydrogens (tertiary/aromatic N) is 1. The summed E-state index contributed by atoms with van der Waals surface area (Å²) in [5.74, 6) is -2.40. The number of nitrogens with one attached hydrogen (secondary N) is 2. The lowest BCUT2D eigenvalue weighted by Crippen LogP contribution is -2.34. The maximum atomic E-state index is 13.6. The van der Waals surface area contributed by atoms with Crippen molar-refractivity contribution in [1.82, 2.24) is 10.3 Å². The van der Waals surface area contributed by atoms with Gasteiger partial charge in [0.15, 0.2) is 22.3 Å². The highest BCUT2D eigenvalue weighted by atomic mass is 35.5. The van der Waals surface area contributed by atoms with Crippen LogP contribution in [0.25, 0.3) is 22.6 Å². The van der Waals surface area contributed by atoms with E-state index in [1.165, 1.54) is 0 Å². The molecule has 0 saturated heterocycles. The Balaban J connectivity index is 1.51. The zero-order valence-corrected chi connectivity index (χ0v) is 18.5. The highest BCUT2D eigenvalue weighted by molar-refractivity contribution is 7.80. The SMILES string of the molecule is Cc1ccc(C(=O)NC(=S)Nc2ccc3oc(-c4cc(F)c(F)cc4Cl)nc3c2)cc1C. The lowest BCUT2D eigenvalue weighted by molar-refractivity contribution is 0.0977. The fourth-order valence-corrected chi connectivity index (χ4v) is 3.47. The fourth-order valence-electron chi connectivity index (χ4n) is 3.03. The summed E-state index contributed by atoms with van der Waals surface area (Å²) in [5.41, 5.74) is 4.13. The van der Waals surface area contributed by atoms with Gasteiger partial charge in [0.05, 0.1) is 10.6 Å². The molecule has 0 bridgehead atoms. The van der Waals surface area contributed by atoms with Gasteiger partial charge >= 0.3 is 0 Å². The average Bonchev–Trinajstić information content (AvgIpc) is 3.15. The second kappa shape index (κ2) is 8.64. The highest BCUT2D eigenvalue weighted by Gasteiger charge is 2.16. The number of carbonyl (C=O) groups is 1. The molecule has 4 aromatic rings. The van der Waals surface area contributed by atoms with Gasteiger partial charge in [0.1, 0.15) is 5.52 Å². The van der Waals surface area contributed by atoms with Crippen molar-refractivity contribution in [2.75, 3.05) is 5.32 Å². The quantitative estimate of drug-likeness (QED) is 0.276. The topological polar surface area (TPSA) is 67.2 Å². The minimum atomic E-state index is -1.06. The van der Waals surface area contributed by atoms with E-state index in [0.29, 0.717) is 22.4 Å². The Bertz CT molecular complexity index is 1390. The number of carbonyl (C=O) groups excluding carboxylic acids is 1. The summed E-state index contributed by atoms with van der Waals surface area (Å²) >= 11 is 11.2. The molecule has 0 aliphatic heterocycles. The summed E-state index contributed by atoms with van der Waals surface area (Å²) in [6.07, 6.45) is 0. The average molecular weight is 472 g/mol. The molecule has 2 N–H and O–H groups in total. The molecule has 1 amide bonds. The van der Waals surface area contributed by atoms with Crippen LogP contribution in [0.4, 0.5) is 14.5 Å². The van der Waals surface area contributed by atoms with Gasteiger partial charge in [-0.05, 0) is 79.7 Å². The van der Waals surface area contributed by atoms with Crippen molar-refractivity contribution in [3.8, 4) is 11.5 Å². The number of hydrogen-bond donors (Lipinski definition) is 2. The number of benzene rings is 3. The van der Waals surface area contributed by atoms with E-state index in [2.05, 4.69) is 15.6 Å². The molecule has 0 atom stereocenters. The number of thiocarbonyl (C=S) groups is 1. The monoisotopic (exact) mass is 471 g/mol. The van der Waals surface area contributed by atoms with Crippen LogP contribution in [0, 0.1) is 25.5 Å². The Morgan fingerprint density at radius 1 is 1.03 bits per heavy atom. The van der Waals surface area contributed by atoms with E-state index < -0.39 is 11.6 Å². The smallest absolute Gasteiger partial charge is 0.257 e. The lowest BCUT2D eigenvalue weighted by Gasteiger charge is -2.10. The lowest BCUT2D eigenvalue weighted by atomic mass is 10.1. The van der Waals surface area contributed by atoms with E-state index in [1.807, 2.05) is 19.9 Å². The molecule has 0 spiro atoms. The van der Waals surface area contributed by atoms with Gasteiger partial charge in [0.2, 0.25) is 5.89 Å². The minimum Gasteiger partial charge on any atom is -0.436 e. The van der Waals surface area contributed by atoms with E-state index >= 15 is 0 Å². The number of hydrogen-bond acceptors (Lipinski definition) is 4. The second-order valence-electron chi connectivity index (χ2n) is 7.15. The van der Waals surface area contributed by atoms with Crippen molar-refractivity contribution in [3.05, 3.63) is 81.9 Å². The van der Waals surface area contributed by atoms with Crippen LogP contribution in [0.5, 0.6) is 0 Å². The van der Waals surface area contributed by atoms with Crippen LogP contribution < -0.4 is 10.6 Å². The van der Waals surface area contributed by atoms with Crippen molar-refractivity contribution < 1.29 is 18.0 Å². The largest absolute Gasteiger partial charge is 0.436 e. The zero-order chi connectivity index (χ0) is 23.0. The van der Waals surface area contributed by atoms with E-state index in [9.17, 15) is 13.6 Å². The van der Waals surface area contributed by atoms with E-state index in [-0.39, 0.29) is 27.5 Å². The van der Waals surface area contributed by atoms with E-state index in [4.69, 9.17) is 28.2 Å². The molecule has 0 unspecified atom stereocenters. The first kappa shape index (κ1) is 21.9. The number of fused-ring (bicyclic) bond motifs is 1. The summed E-state index contributed by atoms with van der Waals surface area (Å²) in [5, 5.41) is 5.64. The predicted octanol–water partition coefficient (Wildman–Crippen LogP) is 6.17. The third-order valence-corrected chi connectivity index (χ3v) is 5.40. The number of oxazole rings is 1. The third-order valence-electron chi connectivity index (χ3n) is 4.88. The third kappa shape index (κ3) is 4.46. The van der Waals surface area contributed by atoms with Crippen LogP contribution in [0.15, 0.2) is 52.9 Å². The summed E-state index contributed by atoms with van der Waals surface area (Å²) in [6.45, 7) is 3.90. The Hall–Kier alpha value is -3.36. The molecule has 4 rings (SSSR count). The molecule has 0 aliphatic carbocycles. The van der Waals surface area contributed by atoms with Crippen molar-refractivity contribution >= 4 is 51.6 Å². The van der Waals surface area contributed by atoms with Crippen molar-refractivity contribution in [3.63, 3.8) is 0 Å². The highest BCUT2D eigenvalue weighted by Crippen LogP contribution is 2.32. The normalized spacial score (nSPS) is 10.9. The molecule has 162 valence electrons. The number of aryl methyl sites for hydroxylation is 2. The van der Waals surface area contributed by atoms with Crippen LogP contribution in [-0.4, -0.2) is 16.0 Å². The minimum absolute atomic E-state index is 0.0240. The van der Waals surface area contributed by atoms with Gasteiger partial charge in [-0.2, -0.15) is 0 Å². The van der Waals surface area contributed by atoms with Gasteiger partial charge in [-0.25, -0.2) is 13.8 Å². The number of anilines is 1. The molecule has 0 fully saturated rings. The van der Waals surface area contributed by atoms with E-state index in [1.54, 1.807) is 30.3 Å². The first-order valence-corrected chi connectivity index (χ1v) is 10.2. The van der Waals surface area contributed by atoms with Gasteiger partial charge < -0.3 is 9.73 Å². The molecule has 1 aromatic heterocycles. The first-order valence-electron chi connectivity index (χ1n) is 9.46. The van der Waals surface area contributed by atoms with Crippen molar-refractivity contribution in [2.45, 2.75) is 13.8 Å². The molecule has 0 aliphatic rings. The van der Waals surface area contributed by atoms with Crippen LogP contribution in [0.2, 0.25) is 5.02 Å². The molecular formula is C23H16ClF2N3O2S. The maximum absolute atomic E-state index is 13.6. The standard InChI is InChI=1S/C23H16ClF2N3O2S/c1-11-3-4-13(7-12(11)2)21(30)29-23(32)27-14-5-6-20-19(8-14)28-22(31-20)15-9-17(25)18(26)10-16(15)24/h3-10H,1-2H3,(H2,27,29,30,32). The predicted molar refractivity (Wildman–Crippen MR) is 124 cm³/mol.